The minimum absolute atomic E-state index is 0.0184. The first-order chi connectivity index (χ1) is 8.65. The largest absolute Gasteiger partial charge is 0.396 e. The van der Waals surface area contributed by atoms with E-state index in [1.807, 2.05) is 0 Å². The fourth-order valence-electron chi connectivity index (χ4n) is 2.70. The molecule has 94 valence electrons. The molecule has 0 bridgehead atoms. The Morgan fingerprint density at radius 3 is 2.33 bits per heavy atom. The summed E-state index contributed by atoms with van der Waals surface area (Å²) in [5.74, 6) is -1.97. The van der Waals surface area contributed by atoms with Gasteiger partial charge in [0, 0.05) is 18.1 Å². The third kappa shape index (κ3) is 1.47. The summed E-state index contributed by atoms with van der Waals surface area (Å²) in [4.78, 5) is 24.9. The number of piperidine rings is 1. The molecule has 1 aliphatic heterocycles. The van der Waals surface area contributed by atoms with Crippen molar-refractivity contribution in [3.63, 3.8) is 0 Å². The van der Waals surface area contributed by atoms with Crippen LogP contribution < -0.4 is 0 Å². The van der Waals surface area contributed by atoms with Crippen LogP contribution in [0.25, 0.3) is 0 Å². The summed E-state index contributed by atoms with van der Waals surface area (Å²) in [6, 6.07) is 6.09. The van der Waals surface area contributed by atoms with E-state index < -0.39 is 5.82 Å². The summed E-state index contributed by atoms with van der Waals surface area (Å²) in [6.45, 7) is -0.157. The number of hydrogen-bond acceptors (Lipinski definition) is 3. The lowest BCUT2D eigenvalue weighted by Gasteiger charge is -2.18. The number of aliphatic hydroxyl groups excluding tert-OH is 1. The Morgan fingerprint density at radius 1 is 1.17 bits per heavy atom. The Bertz CT molecular complexity index is 509. The number of aliphatic hydroxyl groups is 1. The van der Waals surface area contributed by atoms with Crippen LogP contribution in [-0.2, 0) is 16.1 Å². The molecule has 1 saturated heterocycles. The molecule has 0 spiro atoms. The second-order valence-electron chi connectivity index (χ2n) is 4.75. The standard InChI is InChI=1S/C13H12FNO3/c14-9-4-2-1-3-7(9)5-15-12(17)10-8(6-16)11(10)13(15)18/h1-4,8,10-11,16H,5-6H2. The van der Waals surface area contributed by atoms with Gasteiger partial charge in [0.1, 0.15) is 5.82 Å². The van der Waals surface area contributed by atoms with E-state index in [1.165, 1.54) is 6.07 Å². The SMILES string of the molecule is O=C1C2C(CO)C2C(=O)N1Cc1ccccc1F. The maximum Gasteiger partial charge on any atom is 0.233 e. The van der Waals surface area contributed by atoms with E-state index in [0.717, 1.165) is 4.90 Å². The van der Waals surface area contributed by atoms with Gasteiger partial charge in [-0.3, -0.25) is 14.5 Å². The molecule has 1 aliphatic carbocycles. The van der Waals surface area contributed by atoms with E-state index in [4.69, 9.17) is 5.11 Å². The van der Waals surface area contributed by atoms with Gasteiger partial charge >= 0.3 is 0 Å². The van der Waals surface area contributed by atoms with Gasteiger partial charge in [0.05, 0.1) is 18.4 Å². The number of benzene rings is 1. The number of carbonyl (C=O) groups excluding carboxylic acids is 2. The van der Waals surface area contributed by atoms with E-state index in [9.17, 15) is 14.0 Å². The molecule has 1 N–H and O–H groups in total. The van der Waals surface area contributed by atoms with Crippen molar-refractivity contribution in [2.75, 3.05) is 6.61 Å². The molecular weight excluding hydrogens is 237 g/mol. The van der Waals surface area contributed by atoms with Crippen molar-refractivity contribution in [2.45, 2.75) is 6.54 Å². The molecule has 5 heteroatoms. The van der Waals surface area contributed by atoms with Gasteiger partial charge in [0.15, 0.2) is 0 Å². The molecule has 1 saturated carbocycles. The van der Waals surface area contributed by atoms with Gasteiger partial charge in [-0.05, 0) is 6.07 Å². The van der Waals surface area contributed by atoms with Crippen LogP contribution in [0.15, 0.2) is 24.3 Å². The molecule has 2 fully saturated rings. The Hall–Kier alpha value is -1.75. The number of hydrogen-bond donors (Lipinski definition) is 1. The van der Waals surface area contributed by atoms with Crippen molar-refractivity contribution in [1.29, 1.82) is 0 Å². The second-order valence-corrected chi connectivity index (χ2v) is 4.75. The highest BCUT2D eigenvalue weighted by Gasteiger charge is 2.66. The Labute approximate surface area is 103 Å². The van der Waals surface area contributed by atoms with Crippen LogP contribution in [0.4, 0.5) is 4.39 Å². The predicted molar refractivity (Wildman–Crippen MR) is 59.5 cm³/mol. The van der Waals surface area contributed by atoms with Crippen LogP contribution in [-0.4, -0.2) is 28.4 Å². The van der Waals surface area contributed by atoms with Crippen molar-refractivity contribution >= 4 is 11.8 Å². The molecule has 1 aromatic rings. The molecule has 0 aromatic heterocycles. The molecular formula is C13H12FNO3. The fraction of sp³-hybridized carbons (Fsp3) is 0.385. The summed E-state index contributed by atoms with van der Waals surface area (Å²) < 4.78 is 13.5. The van der Waals surface area contributed by atoms with Crippen molar-refractivity contribution in [3.8, 4) is 0 Å². The summed E-state index contributed by atoms with van der Waals surface area (Å²) >= 11 is 0. The first-order valence-corrected chi connectivity index (χ1v) is 5.84. The number of imide groups is 1. The molecule has 2 atom stereocenters. The Morgan fingerprint density at radius 2 is 1.78 bits per heavy atom. The summed E-state index contributed by atoms with van der Waals surface area (Å²) in [6.07, 6.45) is 0. The van der Waals surface area contributed by atoms with Crippen LogP contribution in [0.3, 0.4) is 0 Å². The normalized spacial score (nSPS) is 29.7. The lowest BCUT2D eigenvalue weighted by atomic mass is 10.2. The number of carbonyl (C=O) groups is 2. The van der Waals surface area contributed by atoms with Gasteiger partial charge < -0.3 is 5.11 Å². The number of nitrogens with zero attached hydrogens (tertiary/aromatic N) is 1. The average Bonchev–Trinajstić information content (AvgIpc) is 3.04. The molecule has 4 nitrogen and oxygen atoms in total. The highest BCUT2D eigenvalue weighted by atomic mass is 19.1. The van der Waals surface area contributed by atoms with Gasteiger partial charge in [-0.15, -0.1) is 0 Å². The predicted octanol–water partition coefficient (Wildman–Crippen LogP) is 0.549. The summed E-state index contributed by atoms with van der Waals surface area (Å²) in [5, 5.41) is 8.98. The quantitative estimate of drug-likeness (QED) is 0.796. The van der Waals surface area contributed by atoms with E-state index in [0.29, 0.717) is 5.56 Å². The fourth-order valence-corrected chi connectivity index (χ4v) is 2.70. The smallest absolute Gasteiger partial charge is 0.233 e. The zero-order valence-electron chi connectivity index (χ0n) is 9.54. The van der Waals surface area contributed by atoms with Crippen molar-refractivity contribution in [2.24, 2.45) is 17.8 Å². The van der Waals surface area contributed by atoms with Crippen LogP contribution >= 0.6 is 0 Å². The first-order valence-electron chi connectivity index (χ1n) is 5.84. The van der Waals surface area contributed by atoms with E-state index in [1.54, 1.807) is 18.2 Å². The van der Waals surface area contributed by atoms with E-state index in [2.05, 4.69) is 0 Å². The molecule has 1 heterocycles. The maximum atomic E-state index is 13.5. The average molecular weight is 249 g/mol. The third-order valence-corrected chi connectivity index (χ3v) is 3.77. The second kappa shape index (κ2) is 3.88. The first kappa shape index (κ1) is 11.3. The highest BCUT2D eigenvalue weighted by molar-refractivity contribution is 6.09. The molecule has 1 aromatic carbocycles. The number of fused-ring (bicyclic) bond motifs is 1. The van der Waals surface area contributed by atoms with Gasteiger partial charge in [-0.1, -0.05) is 18.2 Å². The number of amides is 2. The number of likely N-dealkylation sites (tertiary alicyclic amines) is 1. The lowest BCUT2D eigenvalue weighted by molar-refractivity contribution is -0.143. The molecule has 3 rings (SSSR count). The highest BCUT2D eigenvalue weighted by Crippen LogP contribution is 2.53. The van der Waals surface area contributed by atoms with Crippen molar-refractivity contribution < 1.29 is 19.1 Å². The van der Waals surface area contributed by atoms with Crippen LogP contribution in [0.2, 0.25) is 0 Å². The minimum Gasteiger partial charge on any atom is -0.396 e. The molecule has 18 heavy (non-hydrogen) atoms. The van der Waals surface area contributed by atoms with Gasteiger partial charge in [0.25, 0.3) is 0 Å². The minimum atomic E-state index is -0.419. The van der Waals surface area contributed by atoms with Crippen LogP contribution in [0.1, 0.15) is 5.56 Å². The van der Waals surface area contributed by atoms with Gasteiger partial charge in [0.2, 0.25) is 11.8 Å². The van der Waals surface area contributed by atoms with E-state index >= 15 is 0 Å². The maximum absolute atomic E-state index is 13.5. The molecule has 2 amide bonds. The van der Waals surface area contributed by atoms with E-state index in [-0.39, 0.29) is 42.7 Å². The molecule has 2 aliphatic rings. The monoisotopic (exact) mass is 249 g/mol. The van der Waals surface area contributed by atoms with Crippen LogP contribution in [0.5, 0.6) is 0 Å². The third-order valence-electron chi connectivity index (χ3n) is 3.77. The zero-order valence-corrected chi connectivity index (χ0v) is 9.54. The summed E-state index contributed by atoms with van der Waals surface area (Å²) in [7, 11) is 0. The van der Waals surface area contributed by atoms with Crippen LogP contribution in [0, 0.1) is 23.6 Å². The Balaban J connectivity index is 1.79. The Kier molecular flexibility index (Phi) is 2.45. The lowest BCUT2D eigenvalue weighted by Crippen LogP contribution is -2.34. The van der Waals surface area contributed by atoms with Crippen molar-refractivity contribution in [3.05, 3.63) is 35.6 Å². The zero-order chi connectivity index (χ0) is 12.9. The van der Waals surface area contributed by atoms with Crippen molar-refractivity contribution in [1.82, 2.24) is 4.90 Å². The molecule has 0 radical (unpaired) electrons. The van der Waals surface area contributed by atoms with Gasteiger partial charge in [-0.25, -0.2) is 4.39 Å². The number of halogens is 1. The van der Waals surface area contributed by atoms with Gasteiger partial charge in [-0.2, -0.15) is 0 Å². The molecule has 2 unspecified atom stereocenters. The summed E-state index contributed by atoms with van der Waals surface area (Å²) in [5.41, 5.74) is 0.334. The topological polar surface area (TPSA) is 57.6 Å². The number of rotatable bonds is 3.